The molecule has 7 nitrogen and oxygen atoms in total. The molecule has 0 radical (unpaired) electrons. The van der Waals surface area contributed by atoms with E-state index >= 15 is 0 Å². The second-order valence-corrected chi connectivity index (χ2v) is 8.79. The number of likely N-dealkylation sites (N-methyl/N-ethyl adjacent to an activating group) is 1. The van der Waals surface area contributed by atoms with Crippen LogP contribution in [0, 0.1) is 20.8 Å². The Hall–Kier alpha value is -3.35. The van der Waals surface area contributed by atoms with Crippen molar-refractivity contribution < 1.29 is 9.59 Å². The average Bonchev–Trinajstić information content (AvgIpc) is 3.28. The number of carbonyl (C=O) groups is 2. The van der Waals surface area contributed by atoms with Crippen LogP contribution in [0.1, 0.15) is 22.3 Å². The molecule has 2 aromatic carbocycles. The summed E-state index contributed by atoms with van der Waals surface area (Å²) in [6.45, 7) is 7.93. The number of urea groups is 1. The molecule has 2 fully saturated rings. The molecule has 3 aliphatic rings. The van der Waals surface area contributed by atoms with E-state index < -0.39 is 12.2 Å². The van der Waals surface area contributed by atoms with Gasteiger partial charge in [0.1, 0.15) is 0 Å². The fourth-order valence-corrected chi connectivity index (χ4v) is 4.93. The van der Waals surface area contributed by atoms with Crippen LogP contribution in [0.15, 0.2) is 47.5 Å². The number of hydrogen-bond donors (Lipinski definition) is 0. The Morgan fingerprint density at radius 1 is 0.968 bits per heavy atom. The smallest absolute Gasteiger partial charge is 0.325 e. The van der Waals surface area contributed by atoms with Crippen LogP contribution in [0.4, 0.5) is 10.5 Å². The molecular formula is C24H27N5O2. The second kappa shape index (κ2) is 7.11. The number of imide groups is 1. The van der Waals surface area contributed by atoms with Gasteiger partial charge in [0, 0.05) is 25.8 Å². The molecule has 0 aromatic heterocycles. The summed E-state index contributed by atoms with van der Waals surface area (Å²) >= 11 is 0. The van der Waals surface area contributed by atoms with Crippen LogP contribution in [0.25, 0.3) is 0 Å². The SMILES string of the molecule is Cc1cccc(CN2C(=O)C3C(N=C4N(c5cc(C)cc(C)c5)CCN43)N(C)C2=O)c1. The first kappa shape index (κ1) is 19.6. The number of nitrogens with zero attached hydrogens (tertiary/aromatic N) is 5. The molecule has 0 spiro atoms. The second-order valence-electron chi connectivity index (χ2n) is 8.79. The Kier molecular flexibility index (Phi) is 4.50. The van der Waals surface area contributed by atoms with E-state index in [9.17, 15) is 9.59 Å². The molecule has 5 rings (SSSR count). The van der Waals surface area contributed by atoms with Crippen molar-refractivity contribution in [2.45, 2.75) is 39.5 Å². The summed E-state index contributed by atoms with van der Waals surface area (Å²) in [7, 11) is 1.74. The first-order valence-corrected chi connectivity index (χ1v) is 10.7. The van der Waals surface area contributed by atoms with Crippen LogP contribution in [0.2, 0.25) is 0 Å². The Morgan fingerprint density at radius 3 is 2.42 bits per heavy atom. The van der Waals surface area contributed by atoms with Gasteiger partial charge in [0.15, 0.2) is 12.2 Å². The monoisotopic (exact) mass is 417 g/mol. The first-order valence-electron chi connectivity index (χ1n) is 10.7. The number of hydrogen-bond acceptors (Lipinski definition) is 5. The van der Waals surface area contributed by atoms with Crippen LogP contribution in [-0.4, -0.2) is 64.9 Å². The maximum Gasteiger partial charge on any atom is 0.328 e. The summed E-state index contributed by atoms with van der Waals surface area (Å²) in [6, 6.07) is 13.6. The number of fused-ring (bicyclic) bond motifs is 3. The summed E-state index contributed by atoms with van der Waals surface area (Å²) in [5, 5.41) is 0. The number of guanidine groups is 1. The van der Waals surface area contributed by atoms with Crippen molar-refractivity contribution in [3.05, 3.63) is 64.7 Å². The molecule has 31 heavy (non-hydrogen) atoms. The van der Waals surface area contributed by atoms with Crippen LogP contribution >= 0.6 is 0 Å². The Labute approximate surface area is 182 Å². The summed E-state index contributed by atoms with van der Waals surface area (Å²) in [5.74, 6) is 0.612. The van der Waals surface area contributed by atoms with E-state index in [2.05, 4.69) is 41.8 Å². The van der Waals surface area contributed by atoms with Crippen molar-refractivity contribution in [1.82, 2.24) is 14.7 Å². The number of benzene rings is 2. The number of anilines is 1. The predicted octanol–water partition coefficient (Wildman–Crippen LogP) is 2.89. The summed E-state index contributed by atoms with van der Waals surface area (Å²) < 4.78 is 0. The van der Waals surface area contributed by atoms with E-state index in [1.165, 1.54) is 16.0 Å². The zero-order chi connectivity index (χ0) is 21.9. The van der Waals surface area contributed by atoms with E-state index in [0.717, 1.165) is 29.3 Å². The zero-order valence-corrected chi connectivity index (χ0v) is 18.4. The molecule has 2 saturated heterocycles. The molecule has 160 valence electrons. The lowest BCUT2D eigenvalue weighted by molar-refractivity contribution is -0.137. The van der Waals surface area contributed by atoms with Gasteiger partial charge in [-0.25, -0.2) is 9.79 Å². The van der Waals surface area contributed by atoms with Gasteiger partial charge in [-0.15, -0.1) is 0 Å². The molecule has 2 aromatic rings. The normalized spacial score (nSPS) is 22.8. The van der Waals surface area contributed by atoms with Crippen molar-refractivity contribution in [3.8, 4) is 0 Å². The van der Waals surface area contributed by atoms with Crippen molar-refractivity contribution >= 4 is 23.6 Å². The van der Waals surface area contributed by atoms with Gasteiger partial charge in [0.2, 0.25) is 5.96 Å². The molecule has 2 unspecified atom stereocenters. The van der Waals surface area contributed by atoms with Gasteiger partial charge >= 0.3 is 6.03 Å². The maximum atomic E-state index is 13.5. The number of aliphatic imine (C=N–C) groups is 1. The van der Waals surface area contributed by atoms with E-state index in [1.807, 2.05) is 31.2 Å². The molecule has 3 aliphatic heterocycles. The van der Waals surface area contributed by atoms with Crippen LogP contribution in [0.5, 0.6) is 0 Å². The van der Waals surface area contributed by atoms with E-state index in [-0.39, 0.29) is 18.5 Å². The third kappa shape index (κ3) is 3.15. The minimum Gasteiger partial charge on any atom is -0.325 e. The van der Waals surface area contributed by atoms with Gasteiger partial charge in [-0.3, -0.25) is 9.69 Å². The number of aryl methyl sites for hydroxylation is 3. The standard InChI is InChI=1S/C24H27N5O2/c1-15-6-5-7-18(11-15)14-29-22(30)20-21(26(4)24(29)31)25-23-27(8-9-28(20)23)19-12-16(2)10-17(3)13-19/h5-7,10-13,20-21H,8-9,14H2,1-4H3. The largest absolute Gasteiger partial charge is 0.328 e. The van der Waals surface area contributed by atoms with Gasteiger partial charge < -0.3 is 14.7 Å². The van der Waals surface area contributed by atoms with Gasteiger partial charge in [-0.1, -0.05) is 35.9 Å². The molecule has 7 heteroatoms. The van der Waals surface area contributed by atoms with E-state index in [1.54, 1.807) is 11.9 Å². The topological polar surface area (TPSA) is 59.5 Å². The van der Waals surface area contributed by atoms with Gasteiger partial charge in [0.25, 0.3) is 5.91 Å². The highest BCUT2D eigenvalue weighted by Crippen LogP contribution is 2.34. The molecule has 0 bridgehead atoms. The lowest BCUT2D eigenvalue weighted by Crippen LogP contribution is -2.64. The zero-order valence-electron chi connectivity index (χ0n) is 18.4. The Bertz CT molecular complexity index is 1090. The molecule has 3 amide bonds. The van der Waals surface area contributed by atoms with E-state index in [4.69, 9.17) is 4.99 Å². The third-order valence-electron chi connectivity index (χ3n) is 6.32. The predicted molar refractivity (Wildman–Crippen MR) is 120 cm³/mol. The number of carbonyl (C=O) groups excluding carboxylic acids is 2. The minimum absolute atomic E-state index is 0.171. The fraction of sp³-hybridized carbons (Fsp3) is 0.375. The quantitative estimate of drug-likeness (QED) is 0.771. The van der Waals surface area contributed by atoms with Crippen LogP contribution < -0.4 is 4.90 Å². The van der Waals surface area contributed by atoms with Gasteiger partial charge in [-0.2, -0.15) is 0 Å². The van der Waals surface area contributed by atoms with E-state index in [0.29, 0.717) is 6.54 Å². The molecular weight excluding hydrogens is 390 g/mol. The number of amides is 3. The average molecular weight is 418 g/mol. The third-order valence-corrected chi connectivity index (χ3v) is 6.32. The molecule has 3 heterocycles. The first-order chi connectivity index (χ1) is 14.8. The minimum atomic E-state index is -0.488. The molecule has 0 N–H and O–H groups in total. The van der Waals surface area contributed by atoms with Crippen molar-refractivity contribution in [1.29, 1.82) is 0 Å². The summed E-state index contributed by atoms with van der Waals surface area (Å²) in [4.78, 5) is 38.6. The van der Waals surface area contributed by atoms with Crippen LogP contribution in [-0.2, 0) is 11.3 Å². The highest BCUT2D eigenvalue weighted by Gasteiger charge is 2.54. The summed E-state index contributed by atoms with van der Waals surface area (Å²) in [6.07, 6.45) is -0.488. The van der Waals surface area contributed by atoms with Crippen molar-refractivity contribution in [2.75, 3.05) is 25.0 Å². The Morgan fingerprint density at radius 2 is 1.71 bits per heavy atom. The highest BCUT2D eigenvalue weighted by molar-refractivity contribution is 6.08. The van der Waals surface area contributed by atoms with Crippen LogP contribution in [0.3, 0.4) is 0 Å². The van der Waals surface area contributed by atoms with Crippen molar-refractivity contribution in [3.63, 3.8) is 0 Å². The maximum absolute atomic E-state index is 13.5. The highest BCUT2D eigenvalue weighted by atomic mass is 16.2. The lowest BCUT2D eigenvalue weighted by Gasteiger charge is -2.40. The lowest BCUT2D eigenvalue weighted by atomic mass is 10.1. The summed E-state index contributed by atoms with van der Waals surface area (Å²) in [5.41, 5.74) is 5.52. The molecule has 0 saturated carbocycles. The van der Waals surface area contributed by atoms with Crippen molar-refractivity contribution in [2.24, 2.45) is 4.99 Å². The fourth-order valence-electron chi connectivity index (χ4n) is 4.93. The van der Waals surface area contributed by atoms with Gasteiger partial charge in [-0.05, 0) is 49.6 Å². The molecule has 2 atom stereocenters. The number of rotatable bonds is 3. The molecule has 0 aliphatic carbocycles. The Balaban J connectivity index is 1.45. The van der Waals surface area contributed by atoms with Gasteiger partial charge in [0.05, 0.1) is 6.54 Å².